The zero-order valence-electron chi connectivity index (χ0n) is 9.47. The molecule has 0 aliphatic carbocycles. The highest BCUT2D eigenvalue weighted by atomic mass is 79.9. The van der Waals surface area contributed by atoms with Crippen LogP contribution in [0.25, 0.3) is 0 Å². The summed E-state index contributed by atoms with van der Waals surface area (Å²) in [5, 5.41) is 6.71. The van der Waals surface area contributed by atoms with Gasteiger partial charge in [0.15, 0.2) is 0 Å². The molecular weight excluding hydrogens is 304 g/mol. The molecule has 1 amide bonds. The van der Waals surface area contributed by atoms with Crippen LogP contribution in [0.2, 0.25) is 5.02 Å². The number of hydrogen-bond donors (Lipinski definition) is 2. The molecule has 0 saturated carbocycles. The topological polar surface area (TPSA) is 41.1 Å². The summed E-state index contributed by atoms with van der Waals surface area (Å²) in [4.78, 5) is 12.0. The largest absolute Gasteiger partial charge is 0.326 e. The van der Waals surface area contributed by atoms with Crippen LogP contribution in [0.5, 0.6) is 0 Å². The van der Waals surface area contributed by atoms with Gasteiger partial charge in [-0.25, -0.2) is 0 Å². The molecule has 0 spiro atoms. The smallest absolute Gasteiger partial charge is 0.229 e. The van der Waals surface area contributed by atoms with Crippen LogP contribution in [-0.4, -0.2) is 19.0 Å². The molecule has 1 aliphatic heterocycles. The lowest BCUT2D eigenvalue weighted by atomic mass is 9.97. The summed E-state index contributed by atoms with van der Waals surface area (Å²) in [6.45, 7) is 3.73. The first-order valence-corrected chi connectivity index (χ1v) is 6.71. The molecule has 2 atom stereocenters. The van der Waals surface area contributed by atoms with Gasteiger partial charge in [0.1, 0.15) is 0 Å². The van der Waals surface area contributed by atoms with E-state index in [1.54, 1.807) is 6.07 Å². The first-order chi connectivity index (χ1) is 8.08. The maximum Gasteiger partial charge on any atom is 0.229 e. The third-order valence-corrected chi connectivity index (χ3v) is 4.27. The Hall–Kier alpha value is -0.580. The summed E-state index contributed by atoms with van der Waals surface area (Å²) in [6, 6.07) is 5.41. The minimum Gasteiger partial charge on any atom is -0.326 e. The summed E-state index contributed by atoms with van der Waals surface area (Å²) in [6.07, 6.45) is 0. The van der Waals surface area contributed by atoms with Crippen LogP contribution in [0.3, 0.4) is 0 Å². The van der Waals surface area contributed by atoms with Crippen molar-refractivity contribution in [3.63, 3.8) is 0 Å². The lowest BCUT2D eigenvalue weighted by molar-refractivity contribution is -0.120. The molecule has 2 rings (SSSR count). The summed E-state index contributed by atoms with van der Waals surface area (Å²) in [5.41, 5.74) is 0.738. The highest BCUT2D eigenvalue weighted by molar-refractivity contribution is 9.10. The zero-order chi connectivity index (χ0) is 12.4. The van der Waals surface area contributed by atoms with Gasteiger partial charge >= 0.3 is 0 Å². The molecule has 1 heterocycles. The van der Waals surface area contributed by atoms with Crippen LogP contribution in [0, 0.1) is 11.8 Å². The standard InChI is InChI=1S/C12H14BrClN2O/c1-7-5-15-6-9(7)12(17)16-8-2-3-10(13)11(14)4-8/h2-4,7,9,15H,5-6H2,1H3,(H,16,17). The maximum atomic E-state index is 12.0. The third-order valence-electron chi connectivity index (χ3n) is 3.04. The van der Waals surface area contributed by atoms with E-state index in [0.717, 1.165) is 23.2 Å². The van der Waals surface area contributed by atoms with E-state index in [1.165, 1.54) is 0 Å². The van der Waals surface area contributed by atoms with Gasteiger partial charge in [-0.2, -0.15) is 0 Å². The van der Waals surface area contributed by atoms with E-state index in [2.05, 4.69) is 33.5 Å². The van der Waals surface area contributed by atoms with E-state index in [0.29, 0.717) is 10.9 Å². The number of nitrogens with one attached hydrogen (secondary N) is 2. The number of hydrogen-bond acceptors (Lipinski definition) is 2. The maximum absolute atomic E-state index is 12.0. The Balaban J connectivity index is 2.05. The minimum absolute atomic E-state index is 0.0393. The van der Waals surface area contributed by atoms with E-state index < -0.39 is 0 Å². The molecule has 3 nitrogen and oxygen atoms in total. The number of carbonyl (C=O) groups excluding carboxylic acids is 1. The lowest BCUT2D eigenvalue weighted by Crippen LogP contribution is -2.27. The van der Waals surface area contributed by atoms with E-state index in [1.807, 2.05) is 12.1 Å². The summed E-state index contributed by atoms with van der Waals surface area (Å²) in [7, 11) is 0. The summed E-state index contributed by atoms with van der Waals surface area (Å²) in [5.74, 6) is 0.472. The Kier molecular flexibility index (Phi) is 4.07. The predicted octanol–water partition coefficient (Wildman–Crippen LogP) is 2.90. The van der Waals surface area contributed by atoms with Gasteiger partial charge in [0, 0.05) is 16.7 Å². The highest BCUT2D eigenvalue weighted by Crippen LogP contribution is 2.26. The second-order valence-corrected chi connectivity index (χ2v) is 5.62. The monoisotopic (exact) mass is 316 g/mol. The average molecular weight is 318 g/mol. The Morgan fingerprint density at radius 3 is 2.88 bits per heavy atom. The lowest BCUT2D eigenvalue weighted by Gasteiger charge is -2.14. The molecule has 1 aromatic rings. The molecule has 1 aliphatic rings. The van der Waals surface area contributed by atoms with Gasteiger partial charge in [-0.05, 0) is 46.6 Å². The van der Waals surface area contributed by atoms with Crippen molar-refractivity contribution in [1.82, 2.24) is 5.32 Å². The van der Waals surface area contributed by atoms with Gasteiger partial charge in [-0.3, -0.25) is 4.79 Å². The normalized spacial score (nSPS) is 23.7. The van der Waals surface area contributed by atoms with Gasteiger partial charge in [0.25, 0.3) is 0 Å². The number of benzene rings is 1. The molecule has 0 bridgehead atoms. The third kappa shape index (κ3) is 3.00. The Labute approximate surface area is 114 Å². The van der Waals surface area contributed by atoms with E-state index in [9.17, 15) is 4.79 Å². The first kappa shape index (κ1) is 12.9. The molecule has 2 unspecified atom stereocenters. The van der Waals surface area contributed by atoms with Crippen molar-refractivity contribution in [2.24, 2.45) is 11.8 Å². The predicted molar refractivity (Wildman–Crippen MR) is 73.3 cm³/mol. The van der Waals surface area contributed by atoms with Crippen molar-refractivity contribution in [2.75, 3.05) is 18.4 Å². The SMILES string of the molecule is CC1CNCC1C(=O)Nc1ccc(Br)c(Cl)c1. The quantitative estimate of drug-likeness (QED) is 0.880. The van der Waals surface area contributed by atoms with Gasteiger partial charge < -0.3 is 10.6 Å². The molecule has 1 fully saturated rings. The average Bonchev–Trinajstić information content (AvgIpc) is 2.70. The van der Waals surface area contributed by atoms with E-state index in [4.69, 9.17) is 11.6 Å². The van der Waals surface area contributed by atoms with Crippen LogP contribution in [0.1, 0.15) is 6.92 Å². The second kappa shape index (κ2) is 5.38. The minimum atomic E-state index is 0.0393. The van der Waals surface area contributed by atoms with Crippen LogP contribution in [-0.2, 0) is 4.79 Å². The number of rotatable bonds is 2. The molecule has 5 heteroatoms. The van der Waals surface area contributed by atoms with Crippen LogP contribution in [0.15, 0.2) is 22.7 Å². The summed E-state index contributed by atoms with van der Waals surface area (Å²) < 4.78 is 0.827. The van der Waals surface area contributed by atoms with Crippen molar-refractivity contribution in [2.45, 2.75) is 6.92 Å². The number of amides is 1. The van der Waals surface area contributed by atoms with Crippen molar-refractivity contribution in [1.29, 1.82) is 0 Å². The number of anilines is 1. The van der Waals surface area contributed by atoms with Crippen molar-refractivity contribution >= 4 is 39.1 Å². The van der Waals surface area contributed by atoms with E-state index >= 15 is 0 Å². The van der Waals surface area contributed by atoms with Crippen LogP contribution < -0.4 is 10.6 Å². The Morgan fingerprint density at radius 1 is 1.53 bits per heavy atom. The molecule has 0 radical (unpaired) electrons. The fourth-order valence-electron chi connectivity index (χ4n) is 1.97. The summed E-state index contributed by atoms with van der Waals surface area (Å²) >= 11 is 9.29. The van der Waals surface area contributed by atoms with Gasteiger partial charge in [0.2, 0.25) is 5.91 Å². The Bertz CT molecular complexity index is 439. The fourth-order valence-corrected chi connectivity index (χ4v) is 2.40. The van der Waals surface area contributed by atoms with Crippen LogP contribution >= 0.6 is 27.5 Å². The second-order valence-electron chi connectivity index (χ2n) is 4.36. The van der Waals surface area contributed by atoms with Crippen molar-refractivity contribution in [3.8, 4) is 0 Å². The fraction of sp³-hybridized carbons (Fsp3) is 0.417. The molecule has 1 aromatic carbocycles. The molecule has 1 saturated heterocycles. The molecule has 2 N–H and O–H groups in total. The number of halogens is 2. The Morgan fingerprint density at radius 2 is 2.29 bits per heavy atom. The van der Waals surface area contributed by atoms with Gasteiger partial charge in [-0.15, -0.1) is 0 Å². The van der Waals surface area contributed by atoms with E-state index in [-0.39, 0.29) is 11.8 Å². The molecule has 92 valence electrons. The van der Waals surface area contributed by atoms with Gasteiger partial charge in [0.05, 0.1) is 10.9 Å². The first-order valence-electron chi connectivity index (χ1n) is 5.54. The molecule has 17 heavy (non-hydrogen) atoms. The molecular formula is C12H14BrClN2O. The number of carbonyl (C=O) groups is 1. The van der Waals surface area contributed by atoms with Crippen molar-refractivity contribution in [3.05, 3.63) is 27.7 Å². The van der Waals surface area contributed by atoms with Crippen molar-refractivity contribution < 1.29 is 4.79 Å². The highest BCUT2D eigenvalue weighted by Gasteiger charge is 2.29. The van der Waals surface area contributed by atoms with Gasteiger partial charge in [-0.1, -0.05) is 18.5 Å². The van der Waals surface area contributed by atoms with Crippen LogP contribution in [0.4, 0.5) is 5.69 Å². The zero-order valence-corrected chi connectivity index (χ0v) is 11.8. The molecule has 0 aromatic heterocycles.